The van der Waals surface area contributed by atoms with Crippen LogP contribution in [0.1, 0.15) is 10.5 Å². The second kappa shape index (κ2) is 6.82. The van der Waals surface area contributed by atoms with Crippen LogP contribution < -0.4 is 10.9 Å². The molecule has 1 aromatic heterocycles. The molecule has 1 heterocycles. The summed E-state index contributed by atoms with van der Waals surface area (Å²) in [4.78, 5) is 24.2. The first-order valence-corrected chi connectivity index (χ1v) is 7.44. The van der Waals surface area contributed by atoms with Crippen LogP contribution in [0, 0.1) is 11.6 Å². The van der Waals surface area contributed by atoms with Gasteiger partial charge in [-0.2, -0.15) is 9.78 Å². The Balaban J connectivity index is 1.90. The molecule has 2 aromatic carbocycles. The van der Waals surface area contributed by atoms with Gasteiger partial charge >= 0.3 is 0 Å². The minimum Gasteiger partial charge on any atom is -0.320 e. The van der Waals surface area contributed by atoms with E-state index in [0.29, 0.717) is 5.69 Å². The number of anilines is 1. The maximum Gasteiger partial charge on any atom is 0.276 e. The Kier molecular flexibility index (Phi) is 4.58. The van der Waals surface area contributed by atoms with Gasteiger partial charge in [-0.25, -0.2) is 8.78 Å². The van der Waals surface area contributed by atoms with E-state index in [4.69, 9.17) is 11.6 Å². The smallest absolute Gasteiger partial charge is 0.276 e. The third kappa shape index (κ3) is 3.72. The number of rotatable bonds is 3. The van der Waals surface area contributed by atoms with Crippen LogP contribution in [0.15, 0.2) is 59.4 Å². The van der Waals surface area contributed by atoms with Crippen molar-refractivity contribution in [1.29, 1.82) is 0 Å². The fourth-order valence-corrected chi connectivity index (χ4v) is 2.19. The Morgan fingerprint density at radius 2 is 1.76 bits per heavy atom. The molecule has 3 rings (SSSR count). The highest BCUT2D eigenvalue weighted by atomic mass is 35.5. The topological polar surface area (TPSA) is 64.0 Å². The van der Waals surface area contributed by atoms with Crippen molar-refractivity contribution in [2.45, 2.75) is 0 Å². The number of nitrogens with zero attached hydrogens (tertiary/aromatic N) is 2. The molecule has 0 aliphatic heterocycles. The standard InChI is InChI=1S/C17H10ClF2N3O2/c18-13-6-3-11(9-14(13)20)21-17(25)15-7-8-16(24)23(22-15)12-4-1-10(19)2-5-12/h1-9H,(H,21,25). The molecule has 25 heavy (non-hydrogen) atoms. The van der Waals surface area contributed by atoms with Crippen molar-refractivity contribution in [3.05, 3.63) is 87.3 Å². The molecule has 126 valence electrons. The third-order valence-electron chi connectivity index (χ3n) is 3.28. The molecule has 5 nitrogen and oxygen atoms in total. The van der Waals surface area contributed by atoms with Crippen molar-refractivity contribution in [2.75, 3.05) is 5.32 Å². The number of halogens is 3. The van der Waals surface area contributed by atoms with Crippen LogP contribution in [-0.4, -0.2) is 15.7 Å². The number of hydrogen-bond acceptors (Lipinski definition) is 3. The Bertz CT molecular complexity index is 1000. The molecular formula is C17H10ClF2N3O2. The molecule has 0 saturated carbocycles. The van der Waals surface area contributed by atoms with Gasteiger partial charge in [0.25, 0.3) is 11.5 Å². The van der Waals surface area contributed by atoms with E-state index >= 15 is 0 Å². The van der Waals surface area contributed by atoms with E-state index in [0.717, 1.165) is 16.8 Å². The quantitative estimate of drug-likeness (QED) is 0.777. The van der Waals surface area contributed by atoms with Crippen molar-refractivity contribution in [3.63, 3.8) is 0 Å². The van der Waals surface area contributed by atoms with E-state index in [-0.39, 0.29) is 16.4 Å². The summed E-state index contributed by atoms with van der Waals surface area (Å²) in [7, 11) is 0. The molecule has 0 unspecified atom stereocenters. The maximum absolute atomic E-state index is 13.4. The lowest BCUT2D eigenvalue weighted by Gasteiger charge is -2.08. The summed E-state index contributed by atoms with van der Waals surface area (Å²) >= 11 is 5.59. The first kappa shape index (κ1) is 16.8. The van der Waals surface area contributed by atoms with Crippen molar-refractivity contribution >= 4 is 23.2 Å². The van der Waals surface area contributed by atoms with Gasteiger partial charge in [-0.3, -0.25) is 9.59 Å². The van der Waals surface area contributed by atoms with Gasteiger partial charge in [0.1, 0.15) is 17.3 Å². The molecular weight excluding hydrogens is 352 g/mol. The van der Waals surface area contributed by atoms with Gasteiger partial charge in [0.2, 0.25) is 0 Å². The van der Waals surface area contributed by atoms with Gasteiger partial charge in [0.05, 0.1) is 10.7 Å². The maximum atomic E-state index is 13.4. The lowest BCUT2D eigenvalue weighted by atomic mass is 10.3. The molecule has 8 heteroatoms. The van der Waals surface area contributed by atoms with Gasteiger partial charge in [-0.15, -0.1) is 0 Å². The van der Waals surface area contributed by atoms with E-state index in [9.17, 15) is 18.4 Å². The van der Waals surface area contributed by atoms with E-state index in [1.54, 1.807) is 0 Å². The second-order valence-electron chi connectivity index (χ2n) is 5.03. The van der Waals surface area contributed by atoms with Crippen molar-refractivity contribution in [3.8, 4) is 5.69 Å². The Morgan fingerprint density at radius 3 is 2.44 bits per heavy atom. The molecule has 1 N–H and O–H groups in total. The zero-order chi connectivity index (χ0) is 18.0. The van der Waals surface area contributed by atoms with Gasteiger partial charge in [0, 0.05) is 11.8 Å². The number of carbonyl (C=O) groups excluding carboxylic acids is 1. The van der Waals surface area contributed by atoms with Crippen molar-refractivity contribution in [1.82, 2.24) is 9.78 Å². The van der Waals surface area contributed by atoms with E-state index in [1.807, 2.05) is 0 Å². The SMILES string of the molecule is O=C(Nc1ccc(Cl)c(F)c1)c1ccc(=O)n(-c2ccc(F)cc2)n1. The summed E-state index contributed by atoms with van der Waals surface area (Å²) in [6.07, 6.45) is 0. The summed E-state index contributed by atoms with van der Waals surface area (Å²) in [5.74, 6) is -1.78. The second-order valence-corrected chi connectivity index (χ2v) is 5.44. The summed E-state index contributed by atoms with van der Waals surface area (Å²) in [6.45, 7) is 0. The summed E-state index contributed by atoms with van der Waals surface area (Å²) in [5, 5.41) is 6.35. The molecule has 1 amide bonds. The summed E-state index contributed by atoms with van der Waals surface area (Å²) in [5.41, 5.74) is -0.0631. The van der Waals surface area contributed by atoms with E-state index < -0.39 is 23.1 Å². The number of amides is 1. The number of benzene rings is 2. The average molecular weight is 362 g/mol. The normalized spacial score (nSPS) is 10.5. The highest BCUT2D eigenvalue weighted by Crippen LogP contribution is 2.19. The predicted octanol–water partition coefficient (Wildman–Crippen LogP) is 3.42. The van der Waals surface area contributed by atoms with Crippen LogP contribution in [-0.2, 0) is 0 Å². The number of carbonyl (C=O) groups is 1. The monoisotopic (exact) mass is 361 g/mol. The minimum absolute atomic E-state index is 0.0685. The first-order valence-electron chi connectivity index (χ1n) is 7.07. The number of nitrogens with one attached hydrogen (secondary N) is 1. The summed E-state index contributed by atoms with van der Waals surface area (Å²) in [6, 6.07) is 11.3. The Morgan fingerprint density at radius 1 is 1.04 bits per heavy atom. The third-order valence-corrected chi connectivity index (χ3v) is 3.59. The highest BCUT2D eigenvalue weighted by Gasteiger charge is 2.12. The van der Waals surface area contributed by atoms with Crippen LogP contribution in [0.2, 0.25) is 5.02 Å². The molecule has 0 aliphatic rings. The molecule has 0 spiro atoms. The van der Waals surface area contributed by atoms with Crippen LogP contribution >= 0.6 is 11.6 Å². The Labute approximate surface area is 145 Å². The van der Waals surface area contributed by atoms with Crippen LogP contribution in [0.4, 0.5) is 14.5 Å². The molecule has 0 aliphatic carbocycles. The molecule has 0 saturated heterocycles. The Hall–Kier alpha value is -3.06. The van der Waals surface area contributed by atoms with Gasteiger partial charge in [-0.1, -0.05) is 11.6 Å². The lowest BCUT2D eigenvalue weighted by Crippen LogP contribution is -2.24. The average Bonchev–Trinajstić information content (AvgIpc) is 2.59. The molecule has 0 radical (unpaired) electrons. The fraction of sp³-hybridized carbons (Fsp3) is 0. The van der Waals surface area contributed by atoms with Crippen LogP contribution in [0.5, 0.6) is 0 Å². The fourth-order valence-electron chi connectivity index (χ4n) is 2.07. The van der Waals surface area contributed by atoms with Gasteiger partial charge < -0.3 is 5.32 Å². The van der Waals surface area contributed by atoms with Crippen LogP contribution in [0.25, 0.3) is 5.69 Å². The molecule has 0 atom stereocenters. The zero-order valence-electron chi connectivity index (χ0n) is 12.5. The highest BCUT2D eigenvalue weighted by molar-refractivity contribution is 6.30. The number of aromatic nitrogens is 2. The molecule has 0 bridgehead atoms. The largest absolute Gasteiger partial charge is 0.320 e. The first-order chi connectivity index (χ1) is 11.9. The summed E-state index contributed by atoms with van der Waals surface area (Å²) < 4.78 is 27.4. The minimum atomic E-state index is -0.677. The van der Waals surface area contributed by atoms with Gasteiger partial charge in [0.15, 0.2) is 0 Å². The van der Waals surface area contributed by atoms with Crippen LogP contribution in [0.3, 0.4) is 0 Å². The molecule has 0 fully saturated rings. The predicted molar refractivity (Wildman–Crippen MR) is 89.2 cm³/mol. The van der Waals surface area contributed by atoms with Crippen molar-refractivity contribution in [2.24, 2.45) is 0 Å². The number of hydrogen-bond donors (Lipinski definition) is 1. The van der Waals surface area contributed by atoms with E-state index in [2.05, 4.69) is 10.4 Å². The zero-order valence-corrected chi connectivity index (χ0v) is 13.3. The lowest BCUT2D eigenvalue weighted by molar-refractivity contribution is 0.102. The van der Waals surface area contributed by atoms with Gasteiger partial charge in [-0.05, 0) is 48.5 Å². The van der Waals surface area contributed by atoms with Crippen molar-refractivity contribution < 1.29 is 13.6 Å². The molecule has 3 aromatic rings. The van der Waals surface area contributed by atoms with E-state index in [1.165, 1.54) is 42.5 Å².